The van der Waals surface area contributed by atoms with E-state index in [1.165, 1.54) is 26.4 Å². The van der Waals surface area contributed by atoms with E-state index >= 15 is 0 Å². The van der Waals surface area contributed by atoms with Crippen LogP contribution in [0.3, 0.4) is 0 Å². The molecule has 0 radical (unpaired) electrons. The SMILES string of the molecule is CCCCCCCN(CCOc1ccc(C[C@@H](OCC)C(=O)O)cc1)C(=O)OC. The quantitative estimate of drug-likeness (QED) is 0.438. The molecule has 1 atom stereocenters. The van der Waals surface area contributed by atoms with Gasteiger partial charge in [-0.1, -0.05) is 44.7 Å². The average Bonchev–Trinajstić information content (AvgIpc) is 2.72. The van der Waals surface area contributed by atoms with Crippen LogP contribution in [-0.2, 0) is 20.7 Å². The van der Waals surface area contributed by atoms with Gasteiger partial charge in [0.15, 0.2) is 6.10 Å². The van der Waals surface area contributed by atoms with Crippen LogP contribution in [0, 0.1) is 0 Å². The van der Waals surface area contributed by atoms with Crippen molar-refractivity contribution in [2.75, 3.05) is 33.4 Å². The Balaban J connectivity index is 2.45. The summed E-state index contributed by atoms with van der Waals surface area (Å²) in [5.41, 5.74) is 0.862. The van der Waals surface area contributed by atoms with Crippen molar-refractivity contribution in [3.8, 4) is 5.75 Å². The zero-order valence-electron chi connectivity index (χ0n) is 17.9. The third-order valence-corrected chi connectivity index (χ3v) is 4.58. The number of methoxy groups -OCH3 is 1. The molecule has 1 aromatic rings. The van der Waals surface area contributed by atoms with E-state index in [0.29, 0.717) is 38.5 Å². The van der Waals surface area contributed by atoms with Gasteiger partial charge in [-0.15, -0.1) is 0 Å². The van der Waals surface area contributed by atoms with E-state index < -0.39 is 12.1 Å². The molecule has 0 heterocycles. The van der Waals surface area contributed by atoms with E-state index in [0.717, 1.165) is 18.4 Å². The molecule has 1 amide bonds. The van der Waals surface area contributed by atoms with Gasteiger partial charge in [0, 0.05) is 19.6 Å². The van der Waals surface area contributed by atoms with E-state index in [9.17, 15) is 9.59 Å². The zero-order valence-corrected chi connectivity index (χ0v) is 17.9. The maximum atomic E-state index is 11.9. The topological polar surface area (TPSA) is 85.3 Å². The van der Waals surface area contributed by atoms with Crippen LogP contribution in [0.1, 0.15) is 51.5 Å². The molecule has 0 saturated carbocycles. The number of hydrogen-bond donors (Lipinski definition) is 1. The molecular formula is C22H35NO6. The summed E-state index contributed by atoms with van der Waals surface area (Å²) in [6.45, 7) is 5.78. The lowest BCUT2D eigenvalue weighted by Crippen LogP contribution is -2.35. The fraction of sp³-hybridized carbons (Fsp3) is 0.636. The minimum atomic E-state index is -0.968. The fourth-order valence-electron chi connectivity index (χ4n) is 2.96. The number of nitrogens with zero attached hydrogens (tertiary/aromatic N) is 1. The Bertz CT molecular complexity index is 589. The Labute approximate surface area is 173 Å². The van der Waals surface area contributed by atoms with Gasteiger partial charge in [-0.2, -0.15) is 0 Å². The first-order valence-corrected chi connectivity index (χ1v) is 10.4. The van der Waals surface area contributed by atoms with Gasteiger partial charge >= 0.3 is 12.1 Å². The van der Waals surface area contributed by atoms with Gasteiger partial charge < -0.3 is 24.2 Å². The Morgan fingerprint density at radius 2 is 1.72 bits per heavy atom. The molecule has 0 aliphatic carbocycles. The lowest BCUT2D eigenvalue weighted by molar-refractivity contribution is -0.149. The van der Waals surface area contributed by atoms with Crippen LogP contribution in [0.5, 0.6) is 5.75 Å². The number of carbonyl (C=O) groups is 2. The molecule has 0 spiro atoms. The van der Waals surface area contributed by atoms with Crippen molar-refractivity contribution >= 4 is 12.1 Å². The minimum absolute atomic E-state index is 0.303. The van der Waals surface area contributed by atoms with Gasteiger partial charge in [0.25, 0.3) is 0 Å². The van der Waals surface area contributed by atoms with E-state index in [1.54, 1.807) is 24.0 Å². The molecule has 1 rings (SSSR count). The first kappa shape index (κ1) is 24.8. The Morgan fingerprint density at radius 1 is 1.03 bits per heavy atom. The highest BCUT2D eigenvalue weighted by atomic mass is 16.5. The van der Waals surface area contributed by atoms with Gasteiger partial charge in [-0.3, -0.25) is 0 Å². The number of rotatable bonds is 15. The van der Waals surface area contributed by atoms with Gasteiger partial charge in [0.05, 0.1) is 13.7 Å². The predicted molar refractivity (Wildman–Crippen MR) is 111 cm³/mol. The molecule has 7 nitrogen and oxygen atoms in total. The van der Waals surface area contributed by atoms with Crippen LogP contribution in [-0.4, -0.2) is 61.6 Å². The molecule has 1 aromatic carbocycles. The van der Waals surface area contributed by atoms with Crippen molar-refractivity contribution in [3.63, 3.8) is 0 Å². The Kier molecular flexibility index (Phi) is 12.5. The van der Waals surface area contributed by atoms with E-state index in [4.69, 9.17) is 19.3 Å². The van der Waals surface area contributed by atoms with Gasteiger partial charge in [0.2, 0.25) is 0 Å². The van der Waals surface area contributed by atoms with E-state index in [2.05, 4.69) is 6.92 Å². The van der Waals surface area contributed by atoms with Crippen LogP contribution in [0.2, 0.25) is 0 Å². The number of hydrogen-bond acceptors (Lipinski definition) is 5. The van der Waals surface area contributed by atoms with Gasteiger partial charge in [-0.25, -0.2) is 9.59 Å². The number of aliphatic carboxylic acids is 1. The van der Waals surface area contributed by atoms with Crippen LogP contribution in [0.25, 0.3) is 0 Å². The molecule has 164 valence electrons. The Hall–Kier alpha value is -2.28. The predicted octanol–water partition coefficient (Wildman–Crippen LogP) is 4.14. The maximum Gasteiger partial charge on any atom is 0.409 e. The van der Waals surface area contributed by atoms with Crippen molar-refractivity contribution in [2.24, 2.45) is 0 Å². The normalized spacial score (nSPS) is 11.7. The number of carbonyl (C=O) groups excluding carboxylic acids is 1. The highest BCUT2D eigenvalue weighted by Crippen LogP contribution is 2.15. The maximum absolute atomic E-state index is 11.9. The van der Waals surface area contributed by atoms with Crippen LogP contribution < -0.4 is 4.74 Å². The number of ether oxygens (including phenoxy) is 3. The molecule has 7 heteroatoms. The second-order valence-electron chi connectivity index (χ2n) is 6.85. The van der Waals surface area contributed by atoms with Crippen molar-refractivity contribution in [3.05, 3.63) is 29.8 Å². The second kappa shape index (κ2) is 14.7. The first-order valence-electron chi connectivity index (χ1n) is 10.4. The number of benzene rings is 1. The third-order valence-electron chi connectivity index (χ3n) is 4.58. The largest absolute Gasteiger partial charge is 0.492 e. The molecular weight excluding hydrogens is 374 g/mol. The van der Waals surface area contributed by atoms with E-state index in [-0.39, 0.29) is 6.09 Å². The minimum Gasteiger partial charge on any atom is -0.492 e. The lowest BCUT2D eigenvalue weighted by Gasteiger charge is -2.21. The van der Waals surface area contributed by atoms with Crippen molar-refractivity contribution in [2.45, 2.75) is 58.5 Å². The molecule has 1 N–H and O–H groups in total. The number of carboxylic acids is 1. The van der Waals surface area contributed by atoms with Crippen LogP contribution in [0.4, 0.5) is 4.79 Å². The molecule has 0 aliphatic rings. The molecule has 0 aliphatic heterocycles. The summed E-state index contributed by atoms with van der Waals surface area (Å²) >= 11 is 0. The highest BCUT2D eigenvalue weighted by molar-refractivity contribution is 5.72. The summed E-state index contributed by atoms with van der Waals surface area (Å²) in [6.07, 6.45) is 4.76. The molecule has 0 saturated heterocycles. The summed E-state index contributed by atoms with van der Waals surface area (Å²) in [4.78, 5) is 24.8. The molecule has 0 aromatic heterocycles. The smallest absolute Gasteiger partial charge is 0.409 e. The second-order valence-corrected chi connectivity index (χ2v) is 6.85. The summed E-state index contributed by atoms with van der Waals surface area (Å²) < 4.78 is 15.8. The van der Waals surface area contributed by atoms with Crippen LogP contribution >= 0.6 is 0 Å². The standard InChI is InChI=1S/C22H35NO6/c1-4-6-7-8-9-14-23(22(26)27-3)15-16-29-19-12-10-18(11-13-19)17-20(21(24)25)28-5-2/h10-13,20H,4-9,14-17H2,1-3H3,(H,24,25)/t20-/m1/s1. The summed E-state index contributed by atoms with van der Waals surface area (Å²) in [5.74, 6) is -0.297. The van der Waals surface area contributed by atoms with Gasteiger partial charge in [-0.05, 0) is 31.0 Å². The van der Waals surface area contributed by atoms with Crippen molar-refractivity contribution < 1.29 is 28.9 Å². The Morgan fingerprint density at radius 3 is 2.31 bits per heavy atom. The summed E-state index contributed by atoms with van der Waals surface area (Å²) in [6, 6.07) is 7.26. The third kappa shape index (κ3) is 10.2. The summed E-state index contributed by atoms with van der Waals surface area (Å²) in [7, 11) is 1.39. The molecule has 29 heavy (non-hydrogen) atoms. The molecule has 0 fully saturated rings. The lowest BCUT2D eigenvalue weighted by atomic mass is 10.1. The van der Waals surface area contributed by atoms with Crippen molar-refractivity contribution in [1.82, 2.24) is 4.90 Å². The monoisotopic (exact) mass is 409 g/mol. The zero-order chi connectivity index (χ0) is 21.5. The van der Waals surface area contributed by atoms with Crippen LogP contribution in [0.15, 0.2) is 24.3 Å². The fourth-order valence-corrected chi connectivity index (χ4v) is 2.96. The number of amides is 1. The molecule has 0 bridgehead atoms. The number of carboxylic acid groups (broad SMARTS) is 1. The van der Waals surface area contributed by atoms with Gasteiger partial charge in [0.1, 0.15) is 12.4 Å². The van der Waals surface area contributed by atoms with Crippen molar-refractivity contribution in [1.29, 1.82) is 0 Å². The molecule has 0 unspecified atom stereocenters. The highest BCUT2D eigenvalue weighted by Gasteiger charge is 2.18. The first-order chi connectivity index (χ1) is 14.0. The van der Waals surface area contributed by atoms with E-state index in [1.807, 2.05) is 12.1 Å². The number of unbranched alkanes of at least 4 members (excludes halogenated alkanes) is 4. The summed E-state index contributed by atoms with van der Waals surface area (Å²) in [5, 5.41) is 9.17. The average molecular weight is 410 g/mol.